The normalized spacial score (nSPS) is 31.2. The van der Waals surface area contributed by atoms with Crippen molar-refractivity contribution in [3.05, 3.63) is 0 Å². The third kappa shape index (κ3) is 2.64. The lowest BCUT2D eigenvalue weighted by Gasteiger charge is -2.39. The number of piperidine rings is 1. The summed E-state index contributed by atoms with van der Waals surface area (Å²) in [5.74, 6) is 0. The van der Waals surface area contributed by atoms with Crippen molar-refractivity contribution in [3.63, 3.8) is 0 Å². The maximum atomic E-state index is 9.18. The number of likely N-dealkylation sites (N-methyl/N-ethyl adjacent to an activating group) is 1. The number of aliphatic hydroxyl groups excluding tert-OH is 1. The predicted molar refractivity (Wildman–Crippen MR) is 51.3 cm³/mol. The van der Waals surface area contributed by atoms with E-state index < -0.39 is 6.29 Å². The molecule has 4 heteroatoms. The molecule has 78 valence electrons. The van der Waals surface area contributed by atoms with Crippen LogP contribution in [0.5, 0.6) is 0 Å². The van der Waals surface area contributed by atoms with Crippen LogP contribution in [-0.4, -0.2) is 53.6 Å². The summed E-state index contributed by atoms with van der Waals surface area (Å²) in [5, 5.41) is 21.5. The molecule has 4 nitrogen and oxygen atoms in total. The molecule has 1 aliphatic rings. The van der Waals surface area contributed by atoms with Crippen LogP contribution >= 0.6 is 0 Å². The first-order valence-corrected chi connectivity index (χ1v) is 4.96. The van der Waals surface area contributed by atoms with E-state index >= 15 is 0 Å². The van der Waals surface area contributed by atoms with Crippen LogP contribution in [0.2, 0.25) is 0 Å². The Labute approximate surface area is 79.6 Å². The van der Waals surface area contributed by atoms with Crippen LogP contribution < -0.4 is 5.32 Å². The van der Waals surface area contributed by atoms with E-state index in [1.54, 1.807) is 0 Å². The Balaban J connectivity index is 2.52. The maximum Gasteiger partial charge on any atom is 0.167 e. The van der Waals surface area contributed by atoms with Crippen molar-refractivity contribution in [2.75, 3.05) is 20.1 Å². The Bertz CT molecular complexity index is 153. The maximum absolute atomic E-state index is 9.18. The molecule has 0 aromatic carbocycles. The van der Waals surface area contributed by atoms with Crippen molar-refractivity contribution >= 4 is 0 Å². The fourth-order valence-corrected chi connectivity index (χ4v) is 2.01. The summed E-state index contributed by atoms with van der Waals surface area (Å²) in [6, 6.07) is 0.325. The van der Waals surface area contributed by atoms with E-state index in [1.807, 2.05) is 7.05 Å². The molecule has 1 heterocycles. The summed E-state index contributed by atoms with van der Waals surface area (Å²) in [7, 11) is 1.92. The van der Waals surface area contributed by atoms with E-state index in [-0.39, 0.29) is 6.04 Å². The third-order valence-electron chi connectivity index (χ3n) is 2.92. The molecule has 0 aromatic heterocycles. The molecular weight excluding hydrogens is 168 g/mol. The Hall–Kier alpha value is -0.160. The summed E-state index contributed by atoms with van der Waals surface area (Å²) in [4.78, 5) is 2.12. The van der Waals surface area contributed by atoms with Gasteiger partial charge in [0, 0.05) is 12.6 Å². The second kappa shape index (κ2) is 4.91. The van der Waals surface area contributed by atoms with Gasteiger partial charge in [-0.25, -0.2) is 0 Å². The summed E-state index contributed by atoms with van der Waals surface area (Å²) >= 11 is 0. The highest BCUT2D eigenvalue weighted by molar-refractivity contribution is 4.85. The van der Waals surface area contributed by atoms with Crippen molar-refractivity contribution < 1.29 is 10.2 Å². The molecular formula is C9H20N2O2. The molecule has 13 heavy (non-hydrogen) atoms. The van der Waals surface area contributed by atoms with Crippen molar-refractivity contribution in [1.29, 1.82) is 0 Å². The van der Waals surface area contributed by atoms with Crippen LogP contribution in [0.4, 0.5) is 0 Å². The Morgan fingerprint density at radius 1 is 1.54 bits per heavy atom. The minimum Gasteiger partial charge on any atom is -0.367 e. The Morgan fingerprint density at radius 3 is 2.69 bits per heavy atom. The molecule has 1 fully saturated rings. The molecule has 1 saturated heterocycles. The van der Waals surface area contributed by atoms with Crippen molar-refractivity contribution in [1.82, 2.24) is 10.2 Å². The van der Waals surface area contributed by atoms with Gasteiger partial charge < -0.3 is 15.5 Å². The predicted octanol–water partition coefficient (Wildman–Crippen LogP) is -0.631. The zero-order chi connectivity index (χ0) is 9.84. The Kier molecular flexibility index (Phi) is 4.12. The minimum absolute atomic E-state index is 0.101. The van der Waals surface area contributed by atoms with Crippen LogP contribution in [0.3, 0.4) is 0 Å². The smallest absolute Gasteiger partial charge is 0.167 e. The number of aliphatic hydroxyl groups is 2. The first-order chi connectivity index (χ1) is 6.19. The van der Waals surface area contributed by atoms with Gasteiger partial charge in [0.25, 0.3) is 0 Å². The van der Waals surface area contributed by atoms with Crippen LogP contribution in [-0.2, 0) is 0 Å². The number of nitrogens with zero attached hydrogens (tertiary/aromatic N) is 1. The van der Waals surface area contributed by atoms with E-state index in [4.69, 9.17) is 0 Å². The highest BCUT2D eigenvalue weighted by atomic mass is 16.5. The van der Waals surface area contributed by atoms with Crippen LogP contribution in [0, 0.1) is 0 Å². The molecule has 1 rings (SSSR count). The zero-order valence-corrected chi connectivity index (χ0v) is 8.40. The van der Waals surface area contributed by atoms with Crippen molar-refractivity contribution in [3.8, 4) is 0 Å². The molecule has 0 aromatic rings. The van der Waals surface area contributed by atoms with Gasteiger partial charge in [0.1, 0.15) is 0 Å². The average Bonchev–Trinajstić information content (AvgIpc) is 2.16. The van der Waals surface area contributed by atoms with Gasteiger partial charge in [-0.3, -0.25) is 4.90 Å². The van der Waals surface area contributed by atoms with E-state index in [0.717, 1.165) is 25.9 Å². The first kappa shape index (κ1) is 10.9. The lowest BCUT2D eigenvalue weighted by Crippen LogP contribution is -2.52. The fraction of sp³-hybridized carbons (Fsp3) is 1.00. The Morgan fingerprint density at radius 2 is 2.23 bits per heavy atom. The number of hydrogen-bond donors (Lipinski definition) is 3. The molecule has 0 saturated carbocycles. The third-order valence-corrected chi connectivity index (χ3v) is 2.92. The summed E-state index contributed by atoms with van der Waals surface area (Å²) in [5.41, 5.74) is 0. The van der Waals surface area contributed by atoms with Gasteiger partial charge in [0.2, 0.25) is 0 Å². The second-order valence-electron chi connectivity index (χ2n) is 3.62. The highest BCUT2D eigenvalue weighted by Crippen LogP contribution is 2.18. The van der Waals surface area contributed by atoms with E-state index in [1.165, 1.54) is 0 Å². The van der Waals surface area contributed by atoms with E-state index in [0.29, 0.717) is 6.04 Å². The SMILES string of the molecule is CCN1CCC(NC)CC1C(O)O. The zero-order valence-electron chi connectivity index (χ0n) is 8.40. The molecule has 0 aliphatic carbocycles. The minimum atomic E-state index is -1.21. The monoisotopic (exact) mass is 188 g/mol. The number of rotatable bonds is 3. The molecule has 0 bridgehead atoms. The fourth-order valence-electron chi connectivity index (χ4n) is 2.01. The van der Waals surface area contributed by atoms with Gasteiger partial charge in [-0.2, -0.15) is 0 Å². The molecule has 3 N–H and O–H groups in total. The van der Waals surface area contributed by atoms with E-state index in [2.05, 4.69) is 17.1 Å². The second-order valence-corrected chi connectivity index (χ2v) is 3.62. The van der Waals surface area contributed by atoms with Gasteiger partial charge >= 0.3 is 0 Å². The molecule has 0 radical (unpaired) electrons. The summed E-state index contributed by atoms with van der Waals surface area (Å²) in [6.45, 7) is 3.89. The molecule has 2 unspecified atom stereocenters. The number of nitrogens with one attached hydrogen (secondary N) is 1. The molecule has 0 spiro atoms. The van der Waals surface area contributed by atoms with Gasteiger partial charge in [-0.05, 0) is 26.4 Å². The highest BCUT2D eigenvalue weighted by Gasteiger charge is 2.30. The van der Waals surface area contributed by atoms with E-state index in [9.17, 15) is 10.2 Å². The summed E-state index contributed by atoms with van der Waals surface area (Å²) in [6.07, 6.45) is 0.700. The molecule has 0 amide bonds. The topological polar surface area (TPSA) is 55.7 Å². The lowest BCUT2D eigenvalue weighted by atomic mass is 9.97. The standard InChI is InChI=1S/C9H20N2O2/c1-3-11-5-4-7(10-2)6-8(11)9(12)13/h7-10,12-13H,3-6H2,1-2H3. The number of likely N-dealkylation sites (tertiary alicyclic amines) is 1. The largest absolute Gasteiger partial charge is 0.367 e. The van der Waals surface area contributed by atoms with Gasteiger partial charge in [0.15, 0.2) is 6.29 Å². The van der Waals surface area contributed by atoms with Crippen LogP contribution in [0.15, 0.2) is 0 Å². The van der Waals surface area contributed by atoms with Crippen molar-refractivity contribution in [2.24, 2.45) is 0 Å². The van der Waals surface area contributed by atoms with Crippen molar-refractivity contribution in [2.45, 2.75) is 38.1 Å². The quantitative estimate of drug-likeness (QED) is 0.516. The average molecular weight is 188 g/mol. The van der Waals surface area contributed by atoms with Gasteiger partial charge in [-0.15, -0.1) is 0 Å². The summed E-state index contributed by atoms with van der Waals surface area (Å²) < 4.78 is 0. The molecule has 1 aliphatic heterocycles. The number of hydrogen-bond acceptors (Lipinski definition) is 4. The van der Waals surface area contributed by atoms with Crippen LogP contribution in [0.1, 0.15) is 19.8 Å². The van der Waals surface area contributed by atoms with Crippen LogP contribution in [0.25, 0.3) is 0 Å². The lowest BCUT2D eigenvalue weighted by molar-refractivity contribution is -0.112. The molecule has 2 atom stereocenters. The van der Waals surface area contributed by atoms with Gasteiger partial charge in [-0.1, -0.05) is 6.92 Å². The van der Waals surface area contributed by atoms with Gasteiger partial charge in [0.05, 0.1) is 6.04 Å². The first-order valence-electron chi connectivity index (χ1n) is 4.96.